The molecule has 0 fully saturated rings. The van der Waals surface area contributed by atoms with Crippen molar-refractivity contribution in [2.24, 2.45) is 0 Å². The van der Waals surface area contributed by atoms with E-state index in [9.17, 15) is 10.1 Å². The van der Waals surface area contributed by atoms with Crippen molar-refractivity contribution in [1.29, 1.82) is 0 Å². The maximum absolute atomic E-state index is 10.7. The van der Waals surface area contributed by atoms with Crippen molar-refractivity contribution in [3.8, 4) is 0 Å². The third kappa shape index (κ3) is 2.98. The van der Waals surface area contributed by atoms with Crippen molar-refractivity contribution in [2.45, 2.75) is 11.0 Å². The highest BCUT2D eigenvalue weighted by atomic mass is 35.5. The first-order valence-electron chi connectivity index (χ1n) is 4.62. The van der Waals surface area contributed by atoms with E-state index in [1.807, 2.05) is 0 Å². The van der Waals surface area contributed by atoms with Crippen LogP contribution in [-0.2, 0) is 5.75 Å². The predicted octanol–water partition coefficient (Wildman–Crippen LogP) is 3.53. The Balaban J connectivity index is 2.11. The highest BCUT2D eigenvalue weighted by Crippen LogP contribution is 2.28. The van der Waals surface area contributed by atoms with E-state index in [0.717, 1.165) is 5.56 Å². The van der Waals surface area contributed by atoms with Crippen LogP contribution in [0.1, 0.15) is 5.56 Å². The number of thioether (sulfide) groups is 1. The normalized spacial score (nSPS) is 10.4. The number of hydrogen-bond acceptors (Lipinski definition) is 5. The second-order valence-electron chi connectivity index (χ2n) is 3.13. The van der Waals surface area contributed by atoms with Crippen LogP contribution in [-0.4, -0.2) is 9.91 Å². The quantitative estimate of drug-likeness (QED) is 0.483. The lowest BCUT2D eigenvalue weighted by Gasteiger charge is -2.00. The summed E-state index contributed by atoms with van der Waals surface area (Å²) in [5.41, 5.74) is 0.710. The number of benzene rings is 1. The summed E-state index contributed by atoms with van der Waals surface area (Å²) in [5, 5.41) is 11.4. The zero-order valence-corrected chi connectivity index (χ0v) is 10.1. The third-order valence-electron chi connectivity index (χ3n) is 1.98. The molecule has 0 bridgehead atoms. The Kier molecular flexibility index (Phi) is 3.65. The topological polar surface area (TPSA) is 69.2 Å². The number of oxazole rings is 1. The zero-order valence-electron chi connectivity index (χ0n) is 8.50. The molecule has 0 aliphatic rings. The first kappa shape index (κ1) is 11.9. The molecule has 17 heavy (non-hydrogen) atoms. The molecule has 0 saturated heterocycles. The Morgan fingerprint density at radius 1 is 1.53 bits per heavy atom. The molecule has 0 spiro atoms. The van der Waals surface area contributed by atoms with E-state index in [4.69, 9.17) is 16.0 Å². The molecular weight excluding hydrogens is 264 g/mol. The Labute approximate surface area is 106 Å². The fourth-order valence-corrected chi connectivity index (χ4v) is 2.13. The van der Waals surface area contributed by atoms with Crippen LogP contribution >= 0.6 is 23.4 Å². The molecule has 0 unspecified atom stereocenters. The van der Waals surface area contributed by atoms with Gasteiger partial charge in [-0.05, 0) is 11.6 Å². The van der Waals surface area contributed by atoms with Crippen LogP contribution in [0.2, 0.25) is 5.02 Å². The van der Waals surface area contributed by atoms with Gasteiger partial charge in [-0.15, -0.1) is 0 Å². The van der Waals surface area contributed by atoms with Crippen molar-refractivity contribution < 1.29 is 9.34 Å². The number of hydrogen-bond donors (Lipinski definition) is 0. The number of aromatic nitrogens is 1. The second kappa shape index (κ2) is 5.20. The molecule has 88 valence electrons. The van der Waals surface area contributed by atoms with Gasteiger partial charge in [-0.2, -0.15) is 0 Å². The molecule has 0 amide bonds. The largest absolute Gasteiger partial charge is 0.440 e. The third-order valence-corrected chi connectivity index (χ3v) is 3.23. The molecule has 0 atom stereocenters. The molecule has 0 saturated carbocycles. The van der Waals surface area contributed by atoms with Gasteiger partial charge in [-0.25, -0.2) is 4.98 Å². The van der Waals surface area contributed by atoms with Crippen molar-refractivity contribution in [2.75, 3.05) is 0 Å². The van der Waals surface area contributed by atoms with Crippen LogP contribution in [0, 0.1) is 10.1 Å². The molecule has 1 heterocycles. The minimum atomic E-state index is -0.498. The van der Waals surface area contributed by atoms with Gasteiger partial charge < -0.3 is 4.42 Å². The number of halogens is 1. The Morgan fingerprint density at radius 3 is 3.00 bits per heavy atom. The number of nitrogens with zero attached hydrogens (tertiary/aromatic N) is 2. The Bertz CT molecular complexity index is 530. The molecule has 1 aromatic heterocycles. The summed E-state index contributed by atoms with van der Waals surface area (Å²) in [4.78, 5) is 14.1. The second-order valence-corrected chi connectivity index (χ2v) is 4.46. The monoisotopic (exact) mass is 270 g/mol. The molecule has 1 aromatic carbocycles. The lowest BCUT2D eigenvalue weighted by molar-refractivity contribution is -0.384. The molecule has 2 aromatic rings. The number of nitro benzene ring substituents is 1. The van der Waals surface area contributed by atoms with Crippen LogP contribution < -0.4 is 0 Å². The lowest BCUT2D eigenvalue weighted by Crippen LogP contribution is -1.91. The average molecular weight is 271 g/mol. The standard InChI is InChI=1S/C10H7ClN2O3S/c11-8-2-1-7(5-9(8)13(14)15)6-17-10-12-3-4-16-10/h1-5H,6H2. The van der Waals surface area contributed by atoms with E-state index in [-0.39, 0.29) is 10.7 Å². The highest BCUT2D eigenvalue weighted by molar-refractivity contribution is 7.98. The van der Waals surface area contributed by atoms with Crippen molar-refractivity contribution in [1.82, 2.24) is 4.98 Å². The first-order valence-corrected chi connectivity index (χ1v) is 5.98. The number of nitro groups is 1. The van der Waals surface area contributed by atoms with Gasteiger partial charge in [0.25, 0.3) is 10.9 Å². The van der Waals surface area contributed by atoms with Gasteiger partial charge in [0, 0.05) is 11.8 Å². The number of rotatable bonds is 4. The van der Waals surface area contributed by atoms with Crippen LogP contribution in [0.5, 0.6) is 0 Å². The minimum absolute atomic E-state index is 0.0860. The smallest absolute Gasteiger partial charge is 0.288 e. The van der Waals surface area contributed by atoms with Gasteiger partial charge >= 0.3 is 0 Å². The van der Waals surface area contributed by atoms with Gasteiger partial charge in [-0.3, -0.25) is 10.1 Å². The molecule has 0 N–H and O–H groups in total. The summed E-state index contributed by atoms with van der Waals surface area (Å²) < 4.78 is 5.05. The van der Waals surface area contributed by atoms with Gasteiger partial charge in [0.05, 0.1) is 11.1 Å². The Hall–Kier alpha value is -1.53. The summed E-state index contributed by atoms with van der Waals surface area (Å²) >= 11 is 7.07. The summed E-state index contributed by atoms with van der Waals surface area (Å²) in [6, 6.07) is 4.72. The fourth-order valence-electron chi connectivity index (χ4n) is 1.21. The summed E-state index contributed by atoms with van der Waals surface area (Å²) in [6.45, 7) is 0. The van der Waals surface area contributed by atoms with Crippen LogP contribution in [0.4, 0.5) is 5.69 Å². The zero-order chi connectivity index (χ0) is 12.3. The molecule has 0 radical (unpaired) electrons. The molecule has 0 aliphatic heterocycles. The maximum Gasteiger partial charge on any atom is 0.288 e. The van der Waals surface area contributed by atoms with E-state index >= 15 is 0 Å². The first-order chi connectivity index (χ1) is 8.16. The SMILES string of the molecule is O=[N+]([O-])c1cc(CSc2ncco2)ccc1Cl. The van der Waals surface area contributed by atoms with Crippen LogP contribution in [0.3, 0.4) is 0 Å². The van der Waals surface area contributed by atoms with Crippen LogP contribution in [0.25, 0.3) is 0 Å². The van der Waals surface area contributed by atoms with Crippen molar-refractivity contribution >= 4 is 29.1 Å². The lowest BCUT2D eigenvalue weighted by atomic mass is 10.2. The maximum atomic E-state index is 10.7. The molecule has 0 aliphatic carbocycles. The van der Waals surface area contributed by atoms with Gasteiger partial charge in [-0.1, -0.05) is 29.4 Å². The molecule has 5 nitrogen and oxygen atoms in total. The van der Waals surface area contributed by atoms with E-state index in [1.54, 1.807) is 12.3 Å². The Morgan fingerprint density at radius 2 is 2.35 bits per heavy atom. The summed E-state index contributed by atoms with van der Waals surface area (Å²) in [6.07, 6.45) is 3.03. The van der Waals surface area contributed by atoms with Gasteiger partial charge in [0.2, 0.25) is 0 Å². The van der Waals surface area contributed by atoms with Crippen LogP contribution in [0.15, 0.2) is 40.3 Å². The summed E-state index contributed by atoms with van der Waals surface area (Å²) in [5.74, 6) is 0.540. The fraction of sp³-hybridized carbons (Fsp3) is 0.100. The van der Waals surface area contributed by atoms with E-state index < -0.39 is 4.92 Å². The molecular formula is C10H7ClN2O3S. The van der Waals surface area contributed by atoms with Gasteiger partial charge in [0.1, 0.15) is 11.3 Å². The molecule has 7 heteroatoms. The van der Waals surface area contributed by atoms with E-state index in [1.165, 1.54) is 30.2 Å². The summed E-state index contributed by atoms with van der Waals surface area (Å²) in [7, 11) is 0. The van der Waals surface area contributed by atoms with Gasteiger partial charge in [0.15, 0.2) is 0 Å². The predicted molar refractivity (Wildman–Crippen MR) is 64.2 cm³/mol. The van der Waals surface area contributed by atoms with E-state index in [0.29, 0.717) is 11.0 Å². The minimum Gasteiger partial charge on any atom is -0.440 e. The highest BCUT2D eigenvalue weighted by Gasteiger charge is 2.13. The van der Waals surface area contributed by atoms with Crippen molar-refractivity contribution in [3.05, 3.63) is 51.4 Å². The average Bonchev–Trinajstić information content (AvgIpc) is 2.80. The van der Waals surface area contributed by atoms with E-state index in [2.05, 4.69) is 4.98 Å². The van der Waals surface area contributed by atoms with Crippen molar-refractivity contribution in [3.63, 3.8) is 0 Å². The molecule has 2 rings (SSSR count).